The average Bonchev–Trinajstić information content (AvgIpc) is 4.02. The number of para-hydroxylation sites is 2. The van der Waals surface area contributed by atoms with Gasteiger partial charge in [-0.05, 0) is 72.8 Å². The monoisotopic (exact) mass is 791 g/mol. The molecule has 0 bridgehead atoms. The van der Waals surface area contributed by atoms with Crippen molar-refractivity contribution in [3.8, 4) is 11.5 Å². The first-order valence-corrected chi connectivity index (χ1v) is 21.3. The van der Waals surface area contributed by atoms with Crippen LogP contribution in [-0.4, -0.2) is 4.98 Å². The van der Waals surface area contributed by atoms with Crippen molar-refractivity contribution in [3.05, 3.63) is 200 Å². The Morgan fingerprint density at radius 1 is 0.373 bits per heavy atom. The molecule has 0 unspecified atom stereocenters. The zero-order valence-corrected chi connectivity index (χ0v) is 33.3. The van der Waals surface area contributed by atoms with Crippen molar-refractivity contribution in [2.75, 3.05) is 9.80 Å². The molecule has 0 atom stereocenters. The van der Waals surface area contributed by atoms with Gasteiger partial charge >= 0.3 is 0 Å². The van der Waals surface area contributed by atoms with E-state index >= 15 is 0 Å². The maximum absolute atomic E-state index is 6.77. The molecule has 0 saturated carbocycles. The lowest BCUT2D eigenvalue weighted by Crippen LogP contribution is -2.12. The number of thiophene rings is 2. The highest BCUT2D eigenvalue weighted by atomic mass is 32.1. The maximum Gasteiger partial charge on any atom is 0.227 e. The predicted octanol–water partition coefficient (Wildman–Crippen LogP) is 16.3. The van der Waals surface area contributed by atoms with Gasteiger partial charge in [-0.1, -0.05) is 121 Å². The van der Waals surface area contributed by atoms with E-state index in [1.807, 2.05) is 40.9 Å². The van der Waals surface area contributed by atoms with Crippen molar-refractivity contribution < 1.29 is 4.42 Å². The molecular formula is C53H33N3OS2. The van der Waals surface area contributed by atoms with Crippen LogP contribution in [0.1, 0.15) is 0 Å². The SMILES string of the molecule is c1ccc(-c2nc3c(cc(N(c4ccccc4)c4cccc5c4sc4ccccc45)c4ccc(N(c5ccccc5)c5cccc6c5sc5ccccc56)cc43)o2)cc1. The third-order valence-corrected chi connectivity index (χ3v) is 13.7. The smallest absolute Gasteiger partial charge is 0.227 e. The Balaban J connectivity index is 1.15. The fourth-order valence-corrected chi connectivity index (χ4v) is 11.0. The van der Waals surface area contributed by atoms with E-state index in [0.717, 1.165) is 61.6 Å². The molecule has 59 heavy (non-hydrogen) atoms. The summed E-state index contributed by atoms with van der Waals surface area (Å²) in [6.07, 6.45) is 0. The number of hydrogen-bond acceptors (Lipinski definition) is 6. The Bertz CT molecular complexity index is 3520. The topological polar surface area (TPSA) is 32.5 Å². The van der Waals surface area contributed by atoms with Crippen LogP contribution < -0.4 is 9.80 Å². The Hall–Kier alpha value is -7.25. The Kier molecular flexibility index (Phi) is 7.86. The highest BCUT2D eigenvalue weighted by molar-refractivity contribution is 7.26. The van der Waals surface area contributed by atoms with Crippen molar-refractivity contribution in [2.45, 2.75) is 0 Å². The van der Waals surface area contributed by atoms with Gasteiger partial charge in [0.15, 0.2) is 5.58 Å². The van der Waals surface area contributed by atoms with Gasteiger partial charge in [0.1, 0.15) is 5.52 Å². The first-order chi connectivity index (χ1) is 29.3. The molecule has 0 N–H and O–H groups in total. The second kappa shape index (κ2) is 13.7. The molecule has 278 valence electrons. The summed E-state index contributed by atoms with van der Waals surface area (Å²) in [5.74, 6) is 0.595. The van der Waals surface area contributed by atoms with Crippen molar-refractivity contribution in [2.24, 2.45) is 0 Å². The van der Waals surface area contributed by atoms with Crippen LogP contribution in [0.2, 0.25) is 0 Å². The van der Waals surface area contributed by atoms with E-state index in [4.69, 9.17) is 9.40 Å². The van der Waals surface area contributed by atoms with E-state index in [1.54, 1.807) is 0 Å². The molecule has 0 amide bonds. The zero-order valence-electron chi connectivity index (χ0n) is 31.6. The lowest BCUT2D eigenvalue weighted by Gasteiger charge is -2.29. The normalized spacial score (nSPS) is 11.7. The highest BCUT2D eigenvalue weighted by Gasteiger charge is 2.25. The molecule has 9 aromatic carbocycles. The van der Waals surface area contributed by atoms with E-state index in [2.05, 4.69) is 192 Å². The molecule has 0 spiro atoms. The van der Waals surface area contributed by atoms with Crippen molar-refractivity contribution in [1.29, 1.82) is 0 Å². The van der Waals surface area contributed by atoms with Crippen LogP contribution >= 0.6 is 22.7 Å². The number of oxazole rings is 1. The van der Waals surface area contributed by atoms with Crippen LogP contribution in [0, 0.1) is 0 Å². The maximum atomic E-state index is 6.77. The van der Waals surface area contributed by atoms with Crippen molar-refractivity contribution in [3.63, 3.8) is 0 Å². The summed E-state index contributed by atoms with van der Waals surface area (Å²) in [4.78, 5) is 10.1. The summed E-state index contributed by atoms with van der Waals surface area (Å²) in [7, 11) is 0. The Morgan fingerprint density at radius 3 is 1.53 bits per heavy atom. The van der Waals surface area contributed by atoms with E-state index in [-0.39, 0.29) is 0 Å². The minimum absolute atomic E-state index is 0.595. The number of hydrogen-bond donors (Lipinski definition) is 0. The molecule has 0 fully saturated rings. The molecule has 0 radical (unpaired) electrons. The molecule has 6 heteroatoms. The number of aromatic nitrogens is 1. The van der Waals surface area contributed by atoms with Gasteiger partial charge in [-0.3, -0.25) is 0 Å². The largest absolute Gasteiger partial charge is 0.436 e. The first-order valence-electron chi connectivity index (χ1n) is 19.7. The van der Waals surface area contributed by atoms with Gasteiger partial charge in [0.05, 0.1) is 26.5 Å². The van der Waals surface area contributed by atoms with Gasteiger partial charge in [0.2, 0.25) is 5.89 Å². The van der Waals surface area contributed by atoms with E-state index in [0.29, 0.717) is 5.89 Å². The van der Waals surface area contributed by atoms with Gasteiger partial charge in [-0.15, -0.1) is 22.7 Å². The number of benzene rings is 9. The number of fused-ring (bicyclic) bond motifs is 9. The molecule has 4 nitrogen and oxygen atoms in total. The summed E-state index contributed by atoms with van der Waals surface area (Å²) >= 11 is 3.68. The van der Waals surface area contributed by atoms with Gasteiger partial charge in [-0.25, -0.2) is 4.98 Å². The van der Waals surface area contributed by atoms with Gasteiger partial charge < -0.3 is 14.2 Å². The fourth-order valence-electron chi connectivity index (χ4n) is 8.61. The zero-order chi connectivity index (χ0) is 38.9. The molecule has 0 aliphatic carbocycles. The minimum atomic E-state index is 0.595. The third-order valence-electron chi connectivity index (χ3n) is 11.3. The molecular weight excluding hydrogens is 759 g/mol. The van der Waals surface area contributed by atoms with Crippen LogP contribution in [0.25, 0.3) is 73.7 Å². The van der Waals surface area contributed by atoms with E-state index < -0.39 is 0 Å². The lowest BCUT2D eigenvalue weighted by atomic mass is 10.0. The second-order valence-corrected chi connectivity index (χ2v) is 16.8. The second-order valence-electron chi connectivity index (χ2n) is 14.7. The Labute approximate surface area is 348 Å². The van der Waals surface area contributed by atoms with Crippen molar-refractivity contribution in [1.82, 2.24) is 4.98 Å². The van der Waals surface area contributed by atoms with Crippen LogP contribution in [-0.2, 0) is 0 Å². The average molecular weight is 792 g/mol. The summed E-state index contributed by atoms with van der Waals surface area (Å²) in [6, 6.07) is 71.3. The molecule has 12 aromatic rings. The molecule has 0 saturated heterocycles. The van der Waals surface area contributed by atoms with Crippen LogP contribution in [0.15, 0.2) is 205 Å². The molecule has 0 aliphatic rings. The van der Waals surface area contributed by atoms with E-state index in [9.17, 15) is 0 Å². The van der Waals surface area contributed by atoms with Gasteiger partial charge in [0, 0.05) is 70.4 Å². The summed E-state index contributed by atoms with van der Waals surface area (Å²) in [5, 5.41) is 7.13. The van der Waals surface area contributed by atoms with Crippen molar-refractivity contribution >= 4 is 119 Å². The van der Waals surface area contributed by atoms with Crippen LogP contribution in [0.4, 0.5) is 34.1 Å². The molecule has 3 aromatic heterocycles. The number of rotatable bonds is 7. The first kappa shape index (κ1) is 33.8. The summed E-state index contributed by atoms with van der Waals surface area (Å²) < 4.78 is 11.8. The summed E-state index contributed by atoms with van der Waals surface area (Å²) in [6.45, 7) is 0. The van der Waals surface area contributed by atoms with Gasteiger partial charge in [-0.2, -0.15) is 0 Å². The van der Waals surface area contributed by atoms with Gasteiger partial charge in [0.25, 0.3) is 0 Å². The quantitative estimate of drug-likeness (QED) is 0.161. The predicted molar refractivity (Wildman–Crippen MR) is 252 cm³/mol. The lowest BCUT2D eigenvalue weighted by molar-refractivity contribution is 0.620. The number of anilines is 6. The van der Waals surface area contributed by atoms with Crippen LogP contribution in [0.5, 0.6) is 0 Å². The van der Waals surface area contributed by atoms with Crippen LogP contribution in [0.3, 0.4) is 0 Å². The van der Waals surface area contributed by atoms with E-state index in [1.165, 1.54) is 40.3 Å². The highest BCUT2D eigenvalue weighted by Crippen LogP contribution is 2.50. The molecule has 0 aliphatic heterocycles. The Morgan fingerprint density at radius 2 is 0.898 bits per heavy atom. The minimum Gasteiger partial charge on any atom is -0.436 e. The molecule has 12 rings (SSSR count). The third kappa shape index (κ3) is 5.52. The standard InChI is InChI=1S/C53H33N3OS2/c1-4-16-34(17-5-1)53-54-50-43-32-37(55(35-18-6-2-7-19-35)44-26-14-24-41-39-22-10-12-28-48(39)58-51(41)44)30-31-38(43)46(33-47(50)57-53)56(36-20-8-3-9-21-36)45-27-15-25-42-40-23-11-13-29-49(40)59-52(42)45/h1-33H. The summed E-state index contributed by atoms with van der Waals surface area (Å²) in [5.41, 5.74) is 8.93. The fraction of sp³-hybridized carbons (Fsp3) is 0. The molecule has 3 heterocycles. The number of nitrogens with zero attached hydrogens (tertiary/aromatic N) is 3.